The number of carbonyl (C=O) groups is 3. The number of primary amides is 1. The fourth-order valence-electron chi connectivity index (χ4n) is 2.63. The van der Waals surface area contributed by atoms with Gasteiger partial charge in [-0.25, -0.2) is 4.98 Å². The molecule has 0 radical (unpaired) electrons. The number of hydrogen-bond donors (Lipinski definition) is 3. The van der Waals surface area contributed by atoms with E-state index < -0.39 is 11.3 Å². The van der Waals surface area contributed by atoms with Crippen molar-refractivity contribution in [3.63, 3.8) is 0 Å². The Bertz CT molecular complexity index is 879. The van der Waals surface area contributed by atoms with Crippen molar-refractivity contribution >= 4 is 40.7 Å². The highest BCUT2D eigenvalue weighted by Crippen LogP contribution is 2.45. The van der Waals surface area contributed by atoms with E-state index >= 15 is 0 Å². The van der Waals surface area contributed by atoms with E-state index in [2.05, 4.69) is 15.6 Å². The Kier molecular flexibility index (Phi) is 5.76. The van der Waals surface area contributed by atoms with Crippen LogP contribution in [-0.4, -0.2) is 29.3 Å². The Labute approximate surface area is 165 Å². The van der Waals surface area contributed by atoms with Gasteiger partial charge in [-0.15, -0.1) is 11.3 Å². The SMILES string of the molecule is NC(=O)C1(C(=O)NCc2nc(C(=O)NCCc3ccccc3Cl)cs2)CC1. The minimum absolute atomic E-state index is 0.158. The molecule has 1 aliphatic carbocycles. The van der Waals surface area contributed by atoms with Crippen LogP contribution in [0.4, 0.5) is 0 Å². The summed E-state index contributed by atoms with van der Waals surface area (Å²) in [5.74, 6) is -1.26. The molecule has 0 aliphatic heterocycles. The van der Waals surface area contributed by atoms with Gasteiger partial charge in [-0.05, 0) is 30.9 Å². The molecule has 0 atom stereocenters. The normalized spacial score (nSPS) is 14.4. The first-order valence-corrected chi connectivity index (χ1v) is 9.72. The summed E-state index contributed by atoms with van der Waals surface area (Å²) in [6.45, 7) is 0.596. The molecule has 0 saturated heterocycles. The lowest BCUT2D eigenvalue weighted by Crippen LogP contribution is -2.40. The highest BCUT2D eigenvalue weighted by Gasteiger charge is 2.55. The van der Waals surface area contributed by atoms with Crippen molar-refractivity contribution in [3.05, 3.63) is 50.9 Å². The number of thiazole rings is 1. The number of amides is 3. The number of nitrogens with one attached hydrogen (secondary N) is 2. The second-order valence-corrected chi connectivity index (χ2v) is 7.70. The van der Waals surface area contributed by atoms with E-state index in [9.17, 15) is 14.4 Å². The molecule has 4 N–H and O–H groups in total. The van der Waals surface area contributed by atoms with Gasteiger partial charge in [0.25, 0.3) is 5.91 Å². The number of aromatic nitrogens is 1. The molecule has 3 rings (SSSR count). The number of hydrogen-bond acceptors (Lipinski definition) is 5. The Morgan fingerprint density at radius 2 is 1.96 bits per heavy atom. The lowest BCUT2D eigenvalue weighted by Gasteiger charge is -2.10. The summed E-state index contributed by atoms with van der Waals surface area (Å²) in [6.07, 6.45) is 1.57. The molecule has 0 unspecified atom stereocenters. The summed E-state index contributed by atoms with van der Waals surface area (Å²) >= 11 is 7.36. The zero-order valence-electron chi connectivity index (χ0n) is 14.5. The molecular formula is C18H19ClN4O3S. The molecule has 1 saturated carbocycles. The van der Waals surface area contributed by atoms with Gasteiger partial charge in [0.2, 0.25) is 11.8 Å². The van der Waals surface area contributed by atoms with Crippen molar-refractivity contribution < 1.29 is 14.4 Å². The van der Waals surface area contributed by atoms with Crippen LogP contribution in [0.2, 0.25) is 5.02 Å². The molecule has 1 aromatic heterocycles. The molecule has 0 bridgehead atoms. The van der Waals surface area contributed by atoms with Crippen molar-refractivity contribution in [3.8, 4) is 0 Å². The second kappa shape index (κ2) is 8.06. The molecule has 2 aromatic rings. The third-order valence-corrected chi connectivity index (χ3v) is 5.70. The molecule has 1 heterocycles. The summed E-state index contributed by atoms with van der Waals surface area (Å²) in [5.41, 5.74) is 5.46. The van der Waals surface area contributed by atoms with Gasteiger partial charge in [0.15, 0.2) is 0 Å². The Balaban J connectivity index is 1.47. The van der Waals surface area contributed by atoms with Crippen molar-refractivity contribution in [1.29, 1.82) is 0 Å². The second-order valence-electron chi connectivity index (χ2n) is 6.35. The topological polar surface area (TPSA) is 114 Å². The van der Waals surface area contributed by atoms with Gasteiger partial charge in [-0.3, -0.25) is 14.4 Å². The van der Waals surface area contributed by atoms with E-state index in [1.54, 1.807) is 5.38 Å². The summed E-state index contributed by atoms with van der Waals surface area (Å²) in [6, 6.07) is 7.48. The first-order chi connectivity index (χ1) is 12.9. The maximum atomic E-state index is 12.2. The molecule has 142 valence electrons. The van der Waals surface area contributed by atoms with E-state index in [1.165, 1.54) is 11.3 Å². The van der Waals surface area contributed by atoms with Crippen LogP contribution in [-0.2, 0) is 22.6 Å². The minimum atomic E-state index is -1.06. The molecule has 7 nitrogen and oxygen atoms in total. The van der Waals surface area contributed by atoms with Gasteiger partial charge in [-0.1, -0.05) is 29.8 Å². The first kappa shape index (κ1) is 19.3. The van der Waals surface area contributed by atoms with Gasteiger partial charge >= 0.3 is 0 Å². The van der Waals surface area contributed by atoms with Gasteiger partial charge in [0.1, 0.15) is 16.1 Å². The maximum absolute atomic E-state index is 12.2. The van der Waals surface area contributed by atoms with E-state index in [4.69, 9.17) is 17.3 Å². The van der Waals surface area contributed by atoms with Crippen LogP contribution in [0.25, 0.3) is 0 Å². The quantitative estimate of drug-likeness (QED) is 0.578. The van der Waals surface area contributed by atoms with Crippen LogP contribution in [0.3, 0.4) is 0 Å². The van der Waals surface area contributed by atoms with Crippen LogP contribution in [0.1, 0.15) is 33.9 Å². The summed E-state index contributed by atoms with van der Waals surface area (Å²) in [7, 11) is 0. The van der Waals surface area contributed by atoms with Crippen molar-refractivity contribution in [1.82, 2.24) is 15.6 Å². The van der Waals surface area contributed by atoms with E-state index in [0.29, 0.717) is 41.5 Å². The predicted octanol–water partition coefficient (Wildman–Crippen LogP) is 1.65. The van der Waals surface area contributed by atoms with Crippen molar-refractivity contribution in [2.45, 2.75) is 25.8 Å². The highest BCUT2D eigenvalue weighted by molar-refractivity contribution is 7.09. The van der Waals surface area contributed by atoms with Crippen LogP contribution in [0.15, 0.2) is 29.6 Å². The average molecular weight is 407 g/mol. The van der Waals surface area contributed by atoms with Gasteiger partial charge in [-0.2, -0.15) is 0 Å². The fraction of sp³-hybridized carbons (Fsp3) is 0.333. The average Bonchev–Trinajstić information content (AvgIpc) is 3.33. The van der Waals surface area contributed by atoms with Crippen LogP contribution in [0, 0.1) is 5.41 Å². The van der Waals surface area contributed by atoms with E-state index in [-0.39, 0.29) is 18.4 Å². The third kappa shape index (κ3) is 4.45. The standard InChI is InChI=1S/C18H19ClN4O3S/c19-12-4-2-1-3-11(12)5-8-21-15(24)13-10-27-14(23-13)9-22-17(26)18(6-7-18)16(20)25/h1-4,10H,5-9H2,(H2,20,25)(H,21,24)(H,22,26). The Morgan fingerprint density at radius 1 is 1.22 bits per heavy atom. The fourth-order valence-corrected chi connectivity index (χ4v) is 3.58. The van der Waals surface area contributed by atoms with Gasteiger partial charge in [0, 0.05) is 16.9 Å². The third-order valence-electron chi connectivity index (χ3n) is 4.48. The smallest absolute Gasteiger partial charge is 0.270 e. The number of carbonyl (C=O) groups excluding carboxylic acids is 3. The lowest BCUT2D eigenvalue weighted by molar-refractivity contribution is -0.135. The maximum Gasteiger partial charge on any atom is 0.270 e. The Hall–Kier alpha value is -2.45. The monoisotopic (exact) mass is 406 g/mol. The van der Waals surface area contributed by atoms with Crippen LogP contribution < -0.4 is 16.4 Å². The number of rotatable bonds is 8. The number of nitrogens with zero attached hydrogens (tertiary/aromatic N) is 1. The molecule has 1 aromatic carbocycles. The molecule has 27 heavy (non-hydrogen) atoms. The molecule has 3 amide bonds. The number of nitrogens with two attached hydrogens (primary N) is 1. The Morgan fingerprint density at radius 3 is 2.63 bits per heavy atom. The summed E-state index contributed by atoms with van der Waals surface area (Å²) < 4.78 is 0. The number of benzene rings is 1. The number of halogens is 1. The van der Waals surface area contributed by atoms with Crippen LogP contribution >= 0.6 is 22.9 Å². The zero-order valence-corrected chi connectivity index (χ0v) is 16.0. The molecule has 1 aliphatic rings. The molecule has 9 heteroatoms. The van der Waals surface area contributed by atoms with Gasteiger partial charge in [0.05, 0.1) is 6.54 Å². The molecule has 1 fully saturated rings. The summed E-state index contributed by atoms with van der Waals surface area (Å²) in [5, 5.41) is 8.35. The van der Waals surface area contributed by atoms with E-state index in [1.807, 2.05) is 24.3 Å². The predicted molar refractivity (Wildman–Crippen MR) is 102 cm³/mol. The van der Waals surface area contributed by atoms with E-state index in [0.717, 1.165) is 5.56 Å². The highest BCUT2D eigenvalue weighted by atomic mass is 35.5. The van der Waals surface area contributed by atoms with Gasteiger partial charge < -0.3 is 16.4 Å². The molecule has 0 spiro atoms. The lowest BCUT2D eigenvalue weighted by atomic mass is 10.1. The van der Waals surface area contributed by atoms with Crippen LogP contribution in [0.5, 0.6) is 0 Å². The molecular weight excluding hydrogens is 388 g/mol. The zero-order chi connectivity index (χ0) is 19.4. The summed E-state index contributed by atoms with van der Waals surface area (Å²) in [4.78, 5) is 39.8. The van der Waals surface area contributed by atoms with Crippen molar-refractivity contribution in [2.24, 2.45) is 11.1 Å². The minimum Gasteiger partial charge on any atom is -0.369 e. The largest absolute Gasteiger partial charge is 0.369 e. The van der Waals surface area contributed by atoms with Crippen molar-refractivity contribution in [2.75, 3.05) is 6.54 Å². The first-order valence-electron chi connectivity index (χ1n) is 8.46.